The van der Waals surface area contributed by atoms with Gasteiger partial charge < -0.3 is 4.90 Å². The third-order valence-electron chi connectivity index (χ3n) is 2.88. The lowest BCUT2D eigenvalue weighted by molar-refractivity contribution is -0.138. The molecule has 0 aliphatic carbocycles. The molecule has 0 atom stereocenters. The maximum Gasteiger partial charge on any atom is 0.229 e. The quantitative estimate of drug-likeness (QED) is 0.651. The van der Waals surface area contributed by atoms with Crippen LogP contribution in [0, 0.1) is 10.8 Å². The van der Waals surface area contributed by atoms with Crippen LogP contribution in [0.15, 0.2) is 0 Å². The number of hydrogen-bond acceptors (Lipinski definition) is 1. The molecule has 0 aromatic rings. The van der Waals surface area contributed by atoms with Gasteiger partial charge in [0.05, 0.1) is 5.41 Å². The molecular formula is C11H20ClNO. The minimum absolute atomic E-state index is 0.193. The van der Waals surface area contributed by atoms with Crippen molar-refractivity contribution in [1.82, 2.24) is 4.90 Å². The number of hydrogen-bond donors (Lipinski definition) is 0. The molecule has 0 aromatic carbocycles. The Hall–Kier alpha value is -0.240. The number of halogens is 1. The SMILES string of the molecule is CC1(C)CCN(C(=O)C(C)(C)CCl)C1. The Balaban J connectivity index is 2.65. The van der Waals surface area contributed by atoms with Crippen LogP contribution in [0.4, 0.5) is 0 Å². The highest BCUT2D eigenvalue weighted by Crippen LogP contribution is 2.32. The molecule has 1 saturated heterocycles. The van der Waals surface area contributed by atoms with Crippen molar-refractivity contribution in [2.45, 2.75) is 34.1 Å². The minimum atomic E-state index is -0.415. The summed E-state index contributed by atoms with van der Waals surface area (Å²) >= 11 is 5.79. The molecule has 0 saturated carbocycles. The monoisotopic (exact) mass is 217 g/mol. The molecule has 1 aliphatic heterocycles. The molecule has 0 bridgehead atoms. The third kappa shape index (κ3) is 2.41. The summed E-state index contributed by atoms with van der Waals surface area (Å²) in [5, 5.41) is 0. The molecule has 0 N–H and O–H groups in total. The van der Waals surface area contributed by atoms with Gasteiger partial charge in [-0.3, -0.25) is 4.79 Å². The van der Waals surface area contributed by atoms with Crippen molar-refractivity contribution in [3.05, 3.63) is 0 Å². The van der Waals surface area contributed by atoms with Crippen molar-refractivity contribution in [2.24, 2.45) is 10.8 Å². The van der Waals surface area contributed by atoms with Crippen LogP contribution in [0.25, 0.3) is 0 Å². The number of carbonyl (C=O) groups is 1. The van der Waals surface area contributed by atoms with E-state index in [9.17, 15) is 4.79 Å². The number of likely N-dealkylation sites (tertiary alicyclic amines) is 1. The van der Waals surface area contributed by atoms with Crippen LogP contribution in [-0.2, 0) is 4.79 Å². The summed E-state index contributed by atoms with van der Waals surface area (Å²) in [5.41, 5.74) is -0.139. The van der Waals surface area contributed by atoms with Gasteiger partial charge in [-0.05, 0) is 25.7 Å². The third-order valence-corrected chi connectivity index (χ3v) is 3.55. The lowest BCUT2D eigenvalue weighted by Gasteiger charge is -2.28. The van der Waals surface area contributed by atoms with E-state index in [1.807, 2.05) is 18.7 Å². The highest BCUT2D eigenvalue weighted by molar-refractivity contribution is 6.19. The van der Waals surface area contributed by atoms with Gasteiger partial charge in [0.2, 0.25) is 5.91 Å². The Morgan fingerprint density at radius 1 is 1.50 bits per heavy atom. The van der Waals surface area contributed by atoms with E-state index >= 15 is 0 Å². The van der Waals surface area contributed by atoms with Crippen LogP contribution in [0.2, 0.25) is 0 Å². The average Bonchev–Trinajstić information content (AvgIpc) is 2.44. The molecule has 0 unspecified atom stereocenters. The lowest BCUT2D eigenvalue weighted by atomic mass is 9.92. The van der Waals surface area contributed by atoms with Crippen molar-refractivity contribution in [1.29, 1.82) is 0 Å². The molecule has 1 heterocycles. The van der Waals surface area contributed by atoms with Gasteiger partial charge in [0.25, 0.3) is 0 Å². The fourth-order valence-electron chi connectivity index (χ4n) is 1.77. The zero-order valence-electron chi connectivity index (χ0n) is 9.56. The van der Waals surface area contributed by atoms with E-state index in [0.717, 1.165) is 19.5 Å². The molecule has 1 aliphatic rings. The second-order valence-corrected chi connectivity index (χ2v) is 5.93. The second-order valence-electron chi connectivity index (χ2n) is 5.66. The molecule has 14 heavy (non-hydrogen) atoms. The molecule has 0 aromatic heterocycles. The highest BCUT2D eigenvalue weighted by atomic mass is 35.5. The van der Waals surface area contributed by atoms with Crippen LogP contribution < -0.4 is 0 Å². The van der Waals surface area contributed by atoms with Crippen molar-refractivity contribution in [3.8, 4) is 0 Å². The van der Waals surface area contributed by atoms with Gasteiger partial charge in [-0.25, -0.2) is 0 Å². The molecule has 0 radical (unpaired) electrons. The van der Waals surface area contributed by atoms with E-state index in [-0.39, 0.29) is 11.3 Å². The smallest absolute Gasteiger partial charge is 0.229 e. The summed E-state index contributed by atoms with van der Waals surface area (Å²) in [6, 6.07) is 0. The Morgan fingerprint density at radius 2 is 2.07 bits per heavy atom. The molecule has 1 fully saturated rings. The Kier molecular flexibility index (Phi) is 3.15. The van der Waals surface area contributed by atoms with Gasteiger partial charge in [-0.2, -0.15) is 0 Å². The van der Waals surface area contributed by atoms with Crippen LogP contribution in [0.5, 0.6) is 0 Å². The lowest BCUT2D eigenvalue weighted by Crippen LogP contribution is -2.41. The first-order valence-corrected chi connectivity index (χ1v) is 5.67. The average molecular weight is 218 g/mol. The fraction of sp³-hybridized carbons (Fsp3) is 0.909. The number of carbonyl (C=O) groups excluding carboxylic acids is 1. The van der Waals surface area contributed by atoms with Gasteiger partial charge in [0, 0.05) is 19.0 Å². The summed E-state index contributed by atoms with van der Waals surface area (Å²) in [4.78, 5) is 14.0. The van der Waals surface area contributed by atoms with Gasteiger partial charge in [-0.1, -0.05) is 13.8 Å². The topological polar surface area (TPSA) is 20.3 Å². The maximum absolute atomic E-state index is 12.0. The van der Waals surface area contributed by atoms with E-state index in [1.165, 1.54) is 0 Å². The summed E-state index contributed by atoms with van der Waals surface area (Å²) in [7, 11) is 0. The van der Waals surface area contributed by atoms with E-state index in [0.29, 0.717) is 5.88 Å². The maximum atomic E-state index is 12.0. The van der Waals surface area contributed by atoms with Gasteiger partial charge >= 0.3 is 0 Å². The minimum Gasteiger partial charge on any atom is -0.342 e. The van der Waals surface area contributed by atoms with E-state index in [1.54, 1.807) is 0 Å². The normalized spacial score (nSPS) is 21.4. The number of amides is 1. The van der Waals surface area contributed by atoms with Crippen LogP contribution >= 0.6 is 11.6 Å². The summed E-state index contributed by atoms with van der Waals surface area (Å²) in [6.07, 6.45) is 1.09. The predicted molar refractivity (Wildman–Crippen MR) is 59.5 cm³/mol. The van der Waals surface area contributed by atoms with Crippen LogP contribution in [0.1, 0.15) is 34.1 Å². The molecule has 1 rings (SSSR count). The van der Waals surface area contributed by atoms with Gasteiger partial charge in [0.1, 0.15) is 0 Å². The van der Waals surface area contributed by atoms with E-state index in [2.05, 4.69) is 13.8 Å². The first-order chi connectivity index (χ1) is 6.28. The van der Waals surface area contributed by atoms with Crippen molar-refractivity contribution in [3.63, 3.8) is 0 Å². The number of nitrogens with zero attached hydrogens (tertiary/aromatic N) is 1. The number of rotatable bonds is 2. The van der Waals surface area contributed by atoms with Gasteiger partial charge in [0.15, 0.2) is 0 Å². The van der Waals surface area contributed by atoms with Crippen LogP contribution in [-0.4, -0.2) is 29.8 Å². The summed E-state index contributed by atoms with van der Waals surface area (Å²) in [5.74, 6) is 0.584. The predicted octanol–water partition coefficient (Wildman–Crippen LogP) is 2.51. The Labute approximate surface area is 91.6 Å². The van der Waals surface area contributed by atoms with Crippen molar-refractivity contribution in [2.75, 3.05) is 19.0 Å². The summed E-state index contributed by atoms with van der Waals surface area (Å²) in [6.45, 7) is 9.97. The van der Waals surface area contributed by atoms with E-state index in [4.69, 9.17) is 11.6 Å². The Morgan fingerprint density at radius 3 is 2.43 bits per heavy atom. The van der Waals surface area contributed by atoms with Crippen molar-refractivity contribution >= 4 is 17.5 Å². The zero-order valence-corrected chi connectivity index (χ0v) is 10.3. The first kappa shape index (κ1) is 11.8. The fourth-order valence-corrected chi connectivity index (χ4v) is 1.89. The highest BCUT2D eigenvalue weighted by Gasteiger charge is 2.38. The molecule has 1 amide bonds. The number of alkyl halides is 1. The van der Waals surface area contributed by atoms with Crippen molar-refractivity contribution < 1.29 is 4.79 Å². The second kappa shape index (κ2) is 3.73. The Bertz CT molecular complexity index is 235. The molecule has 0 spiro atoms. The molecule has 3 heteroatoms. The standard InChI is InChI=1S/C11H20ClNO/c1-10(2)5-6-13(8-10)9(14)11(3,4)7-12/h5-8H2,1-4H3. The molecule has 2 nitrogen and oxygen atoms in total. The van der Waals surface area contributed by atoms with Gasteiger partial charge in [-0.15, -0.1) is 11.6 Å². The van der Waals surface area contributed by atoms with E-state index < -0.39 is 5.41 Å². The molecular weight excluding hydrogens is 198 g/mol. The largest absolute Gasteiger partial charge is 0.342 e. The van der Waals surface area contributed by atoms with Crippen LogP contribution in [0.3, 0.4) is 0 Å². The summed E-state index contributed by atoms with van der Waals surface area (Å²) < 4.78 is 0. The zero-order chi connectivity index (χ0) is 11.0. The first-order valence-electron chi connectivity index (χ1n) is 5.14. The molecule has 82 valence electrons.